The first-order valence-electron chi connectivity index (χ1n) is 9.29. The number of benzene rings is 2. The SMILES string of the molecule is CN(C)S(=O)(=O)N[C@H]1CN(c2nc3ccccc3o2)CC[C@H]1c1ccccc1. The normalized spacial score (nSPS) is 20.8. The number of piperidine rings is 1. The molecular weight excluding hydrogens is 376 g/mol. The fraction of sp³-hybridized carbons (Fsp3) is 0.350. The number of hydrogen-bond acceptors (Lipinski definition) is 5. The van der Waals surface area contributed by atoms with Crippen molar-refractivity contribution in [3.8, 4) is 0 Å². The molecule has 0 unspecified atom stereocenters. The summed E-state index contributed by atoms with van der Waals surface area (Å²) in [5, 5.41) is 0. The van der Waals surface area contributed by atoms with Gasteiger partial charge in [-0.1, -0.05) is 42.5 Å². The molecule has 0 saturated carbocycles. The monoisotopic (exact) mass is 400 g/mol. The Kier molecular flexibility index (Phi) is 5.09. The second-order valence-corrected chi connectivity index (χ2v) is 9.14. The minimum atomic E-state index is -3.56. The lowest BCUT2D eigenvalue weighted by Gasteiger charge is -2.38. The van der Waals surface area contributed by atoms with Gasteiger partial charge in [0.2, 0.25) is 0 Å². The van der Waals surface area contributed by atoms with E-state index in [0.29, 0.717) is 12.6 Å². The summed E-state index contributed by atoms with van der Waals surface area (Å²) in [6.45, 7) is 1.23. The lowest BCUT2D eigenvalue weighted by atomic mass is 9.86. The fourth-order valence-electron chi connectivity index (χ4n) is 3.64. The molecule has 0 amide bonds. The Morgan fingerprint density at radius 3 is 2.54 bits per heavy atom. The molecule has 3 aromatic rings. The van der Waals surface area contributed by atoms with Gasteiger partial charge in [-0.15, -0.1) is 0 Å². The van der Waals surface area contributed by atoms with Crippen LogP contribution in [0, 0.1) is 0 Å². The first kappa shape index (κ1) is 18.9. The lowest BCUT2D eigenvalue weighted by Crippen LogP contribution is -2.54. The number of nitrogens with one attached hydrogen (secondary N) is 1. The molecule has 148 valence electrons. The van der Waals surface area contributed by atoms with Gasteiger partial charge in [-0.3, -0.25) is 0 Å². The molecule has 7 nitrogen and oxygen atoms in total. The van der Waals surface area contributed by atoms with E-state index in [2.05, 4.69) is 21.8 Å². The van der Waals surface area contributed by atoms with Gasteiger partial charge >= 0.3 is 0 Å². The quantitative estimate of drug-likeness (QED) is 0.712. The number of anilines is 1. The predicted molar refractivity (Wildman–Crippen MR) is 110 cm³/mol. The van der Waals surface area contributed by atoms with Crippen LogP contribution in [0.4, 0.5) is 6.01 Å². The number of hydrogen-bond donors (Lipinski definition) is 1. The van der Waals surface area contributed by atoms with Gasteiger partial charge in [0, 0.05) is 39.1 Å². The molecule has 8 heteroatoms. The molecule has 0 aliphatic carbocycles. The number of aromatic nitrogens is 1. The average molecular weight is 401 g/mol. The van der Waals surface area contributed by atoms with Crippen LogP contribution in [0.3, 0.4) is 0 Å². The van der Waals surface area contributed by atoms with E-state index in [0.717, 1.165) is 29.6 Å². The third kappa shape index (κ3) is 3.76. The fourth-order valence-corrected chi connectivity index (χ4v) is 4.47. The largest absolute Gasteiger partial charge is 0.423 e. The van der Waals surface area contributed by atoms with Gasteiger partial charge in [-0.25, -0.2) is 0 Å². The molecule has 28 heavy (non-hydrogen) atoms. The first-order chi connectivity index (χ1) is 13.4. The summed E-state index contributed by atoms with van der Waals surface area (Å²) in [4.78, 5) is 6.59. The van der Waals surface area contributed by atoms with Crippen molar-refractivity contribution in [1.29, 1.82) is 0 Å². The maximum Gasteiger partial charge on any atom is 0.298 e. The summed E-state index contributed by atoms with van der Waals surface area (Å²) in [7, 11) is -0.505. The molecule has 1 N–H and O–H groups in total. The van der Waals surface area contributed by atoms with E-state index < -0.39 is 10.2 Å². The van der Waals surface area contributed by atoms with Crippen molar-refractivity contribution in [3.05, 3.63) is 60.2 Å². The Balaban J connectivity index is 1.63. The highest BCUT2D eigenvalue weighted by Crippen LogP contribution is 2.32. The van der Waals surface area contributed by atoms with E-state index in [1.165, 1.54) is 18.4 Å². The molecule has 2 heterocycles. The Labute approximate surface area is 165 Å². The van der Waals surface area contributed by atoms with Gasteiger partial charge in [0.15, 0.2) is 5.58 Å². The van der Waals surface area contributed by atoms with E-state index in [-0.39, 0.29) is 12.0 Å². The van der Waals surface area contributed by atoms with Gasteiger partial charge in [0.05, 0.1) is 0 Å². The summed E-state index contributed by atoms with van der Waals surface area (Å²) in [6, 6.07) is 17.9. The van der Waals surface area contributed by atoms with Gasteiger partial charge in [0.25, 0.3) is 16.2 Å². The molecule has 1 saturated heterocycles. The van der Waals surface area contributed by atoms with Crippen molar-refractivity contribution in [1.82, 2.24) is 14.0 Å². The molecule has 1 aliphatic heterocycles. The molecule has 0 spiro atoms. The van der Waals surface area contributed by atoms with Crippen LogP contribution in [-0.2, 0) is 10.2 Å². The number of rotatable bonds is 5. The van der Waals surface area contributed by atoms with Crippen molar-refractivity contribution in [2.45, 2.75) is 18.4 Å². The summed E-state index contributed by atoms with van der Waals surface area (Å²) in [5.41, 5.74) is 2.66. The van der Waals surface area contributed by atoms with Crippen molar-refractivity contribution < 1.29 is 12.8 Å². The first-order valence-corrected chi connectivity index (χ1v) is 10.7. The maximum atomic E-state index is 12.5. The third-order valence-corrected chi connectivity index (χ3v) is 6.74. The molecule has 4 rings (SSSR count). The Morgan fingerprint density at radius 1 is 1.11 bits per heavy atom. The van der Waals surface area contributed by atoms with Crippen molar-refractivity contribution in [2.75, 3.05) is 32.1 Å². The Bertz CT molecular complexity index is 1020. The van der Waals surface area contributed by atoms with Crippen molar-refractivity contribution in [2.24, 2.45) is 0 Å². The van der Waals surface area contributed by atoms with Crippen molar-refractivity contribution >= 4 is 27.3 Å². The van der Waals surface area contributed by atoms with Crippen LogP contribution in [0.5, 0.6) is 0 Å². The minimum absolute atomic E-state index is 0.0801. The molecular formula is C20H24N4O3S. The highest BCUT2D eigenvalue weighted by Gasteiger charge is 2.35. The summed E-state index contributed by atoms with van der Waals surface area (Å²) >= 11 is 0. The average Bonchev–Trinajstić information content (AvgIpc) is 3.12. The second kappa shape index (κ2) is 7.54. The standard InChI is InChI=1S/C20H24N4O3S/c1-23(2)28(25,26)22-18-14-24(13-12-16(18)15-8-4-3-5-9-15)20-21-17-10-6-7-11-19(17)27-20/h3-11,16,18,22H,12-14H2,1-2H3/t16-,18-/m0/s1. The molecule has 0 bridgehead atoms. The van der Waals surface area contributed by atoms with Crippen LogP contribution < -0.4 is 9.62 Å². The van der Waals surface area contributed by atoms with Crippen LogP contribution >= 0.6 is 0 Å². The highest BCUT2D eigenvalue weighted by atomic mass is 32.2. The number of para-hydroxylation sites is 2. The van der Waals surface area contributed by atoms with Crippen LogP contribution in [-0.4, -0.2) is 50.9 Å². The molecule has 1 aromatic heterocycles. The van der Waals surface area contributed by atoms with Crippen molar-refractivity contribution in [3.63, 3.8) is 0 Å². The molecule has 1 fully saturated rings. The van der Waals surface area contributed by atoms with Crippen LogP contribution in [0.1, 0.15) is 17.9 Å². The highest BCUT2D eigenvalue weighted by molar-refractivity contribution is 7.87. The van der Waals surface area contributed by atoms with Gasteiger partial charge in [0.1, 0.15) is 5.52 Å². The Morgan fingerprint density at radius 2 is 1.82 bits per heavy atom. The van der Waals surface area contributed by atoms with Gasteiger partial charge in [-0.05, 0) is 24.1 Å². The minimum Gasteiger partial charge on any atom is -0.423 e. The number of oxazole rings is 1. The van der Waals surface area contributed by atoms with Crippen LogP contribution in [0.15, 0.2) is 59.0 Å². The predicted octanol–water partition coefficient (Wildman–Crippen LogP) is 2.59. The zero-order chi connectivity index (χ0) is 19.7. The number of nitrogens with zero attached hydrogens (tertiary/aromatic N) is 3. The van der Waals surface area contributed by atoms with E-state index in [9.17, 15) is 8.42 Å². The number of fused-ring (bicyclic) bond motifs is 1. The molecule has 1 aliphatic rings. The van der Waals surface area contributed by atoms with E-state index >= 15 is 0 Å². The zero-order valence-electron chi connectivity index (χ0n) is 15.9. The topological polar surface area (TPSA) is 78.7 Å². The van der Waals surface area contributed by atoms with Gasteiger partial charge < -0.3 is 9.32 Å². The lowest BCUT2D eigenvalue weighted by molar-refractivity contribution is 0.385. The second-order valence-electron chi connectivity index (χ2n) is 7.23. The van der Waals surface area contributed by atoms with E-state index in [1.54, 1.807) is 0 Å². The molecule has 0 radical (unpaired) electrons. The smallest absolute Gasteiger partial charge is 0.298 e. The van der Waals surface area contributed by atoms with E-state index in [1.807, 2.05) is 47.4 Å². The summed E-state index contributed by atoms with van der Waals surface area (Å²) in [5.74, 6) is 0.0801. The van der Waals surface area contributed by atoms with Crippen LogP contribution in [0.25, 0.3) is 11.1 Å². The maximum absolute atomic E-state index is 12.5. The summed E-state index contributed by atoms with van der Waals surface area (Å²) < 4.78 is 35.0. The Hall–Kier alpha value is -2.42. The molecule has 2 atom stereocenters. The third-order valence-electron chi connectivity index (χ3n) is 5.17. The van der Waals surface area contributed by atoms with Gasteiger partial charge in [-0.2, -0.15) is 22.4 Å². The van der Waals surface area contributed by atoms with E-state index in [4.69, 9.17) is 4.42 Å². The zero-order valence-corrected chi connectivity index (χ0v) is 16.8. The summed E-state index contributed by atoms with van der Waals surface area (Å²) in [6.07, 6.45) is 0.795. The van der Waals surface area contributed by atoms with Crippen LogP contribution in [0.2, 0.25) is 0 Å². The molecule has 2 aromatic carbocycles.